The highest BCUT2D eigenvalue weighted by atomic mass is 32.1. The Balaban J connectivity index is 2.54. The molecule has 1 rings (SSSR count). The molecule has 1 atom stereocenters. The number of amides is 1. The lowest BCUT2D eigenvalue weighted by atomic mass is 10.1. The maximum atomic E-state index is 12.7. The van der Waals surface area contributed by atoms with Crippen molar-refractivity contribution in [1.29, 1.82) is 0 Å². The zero-order valence-corrected chi connectivity index (χ0v) is 10.4. The Bertz CT molecular complexity index is 405. The Morgan fingerprint density at radius 2 is 2.06 bits per heavy atom. The van der Waals surface area contributed by atoms with E-state index in [1.54, 1.807) is 12.1 Å². The van der Waals surface area contributed by atoms with Gasteiger partial charge in [0.2, 0.25) is 5.91 Å². The minimum atomic E-state index is -0.316. The fourth-order valence-electron chi connectivity index (χ4n) is 1.41. The van der Waals surface area contributed by atoms with Gasteiger partial charge in [-0.05, 0) is 24.1 Å². The van der Waals surface area contributed by atoms with Crippen molar-refractivity contribution in [2.24, 2.45) is 5.73 Å². The van der Waals surface area contributed by atoms with Gasteiger partial charge in [-0.3, -0.25) is 4.79 Å². The molecule has 0 heterocycles. The van der Waals surface area contributed by atoms with E-state index in [1.165, 1.54) is 12.1 Å². The normalized spacial score (nSPS) is 11.9. The fraction of sp³-hybridized carbons (Fsp3) is 0.333. The Labute approximate surface area is 105 Å². The molecule has 0 aromatic heterocycles. The summed E-state index contributed by atoms with van der Waals surface area (Å²) in [5.74, 6) is -0.486. The van der Waals surface area contributed by atoms with E-state index in [9.17, 15) is 9.18 Å². The van der Waals surface area contributed by atoms with E-state index in [2.05, 4.69) is 5.32 Å². The minimum Gasteiger partial charge on any atom is -0.392 e. The van der Waals surface area contributed by atoms with Crippen molar-refractivity contribution >= 4 is 23.1 Å². The molecule has 0 saturated carbocycles. The summed E-state index contributed by atoms with van der Waals surface area (Å²) >= 11 is 4.83. The number of nitrogens with one attached hydrogen (secondary N) is 1. The largest absolute Gasteiger partial charge is 0.392 e. The number of hydrogen-bond donors (Lipinski definition) is 2. The number of thiocarbonyl (C=S) groups is 1. The van der Waals surface area contributed by atoms with Gasteiger partial charge in [-0.1, -0.05) is 31.3 Å². The zero-order chi connectivity index (χ0) is 12.8. The molecule has 0 bridgehead atoms. The molecule has 3 N–H and O–H groups in total. The van der Waals surface area contributed by atoms with Gasteiger partial charge in [-0.25, -0.2) is 4.39 Å². The summed E-state index contributed by atoms with van der Waals surface area (Å²) in [5.41, 5.74) is 6.23. The van der Waals surface area contributed by atoms with Gasteiger partial charge in [0, 0.05) is 0 Å². The topological polar surface area (TPSA) is 55.1 Å². The highest BCUT2D eigenvalue weighted by molar-refractivity contribution is 7.80. The highest BCUT2D eigenvalue weighted by Gasteiger charge is 2.12. The van der Waals surface area contributed by atoms with E-state index in [1.807, 2.05) is 6.92 Å². The lowest BCUT2D eigenvalue weighted by molar-refractivity contribution is -0.120. The summed E-state index contributed by atoms with van der Waals surface area (Å²) in [5, 5.41) is 2.73. The molecule has 1 unspecified atom stereocenters. The second kappa shape index (κ2) is 6.30. The molecular formula is C12H15FN2OS. The maximum Gasteiger partial charge on any atom is 0.224 e. The first kappa shape index (κ1) is 13.6. The predicted octanol–water partition coefficient (Wildman–Crippen LogP) is 1.55. The van der Waals surface area contributed by atoms with E-state index in [0.717, 1.165) is 5.56 Å². The van der Waals surface area contributed by atoms with Crippen molar-refractivity contribution in [3.63, 3.8) is 0 Å². The van der Waals surface area contributed by atoms with Crippen LogP contribution in [0.2, 0.25) is 0 Å². The number of rotatable bonds is 5. The first-order valence-corrected chi connectivity index (χ1v) is 5.77. The van der Waals surface area contributed by atoms with E-state index >= 15 is 0 Å². The molecule has 92 valence electrons. The van der Waals surface area contributed by atoms with Crippen LogP contribution in [0.4, 0.5) is 4.39 Å². The molecule has 0 spiro atoms. The summed E-state index contributed by atoms with van der Waals surface area (Å²) in [6, 6.07) is 5.53. The first-order valence-electron chi connectivity index (χ1n) is 5.36. The summed E-state index contributed by atoms with van der Waals surface area (Å²) in [7, 11) is 0. The van der Waals surface area contributed by atoms with Crippen LogP contribution in [0, 0.1) is 5.82 Å². The molecule has 1 amide bonds. The molecule has 0 aliphatic carbocycles. The highest BCUT2D eigenvalue weighted by Crippen LogP contribution is 2.04. The number of carbonyl (C=O) groups excluding carboxylic acids is 1. The van der Waals surface area contributed by atoms with Crippen LogP contribution in [0.1, 0.15) is 18.9 Å². The Hall–Kier alpha value is -1.49. The Morgan fingerprint density at radius 1 is 1.47 bits per heavy atom. The third kappa shape index (κ3) is 4.48. The van der Waals surface area contributed by atoms with Gasteiger partial charge < -0.3 is 11.1 Å². The van der Waals surface area contributed by atoms with Crippen molar-refractivity contribution < 1.29 is 9.18 Å². The zero-order valence-electron chi connectivity index (χ0n) is 9.57. The van der Waals surface area contributed by atoms with E-state index in [4.69, 9.17) is 18.0 Å². The maximum absolute atomic E-state index is 12.7. The lowest BCUT2D eigenvalue weighted by Crippen LogP contribution is -2.43. The summed E-state index contributed by atoms with van der Waals surface area (Å²) < 4.78 is 12.7. The number of halogens is 1. The minimum absolute atomic E-state index is 0.170. The van der Waals surface area contributed by atoms with E-state index < -0.39 is 0 Å². The van der Waals surface area contributed by atoms with Crippen molar-refractivity contribution in [1.82, 2.24) is 5.32 Å². The molecule has 0 aliphatic rings. The molecule has 1 aromatic carbocycles. The second-order valence-electron chi connectivity index (χ2n) is 3.73. The van der Waals surface area contributed by atoms with Gasteiger partial charge in [0.25, 0.3) is 0 Å². The molecule has 0 aliphatic heterocycles. The molecular weight excluding hydrogens is 239 g/mol. The van der Waals surface area contributed by atoms with Gasteiger partial charge in [0.15, 0.2) is 0 Å². The van der Waals surface area contributed by atoms with Crippen LogP contribution in [0.5, 0.6) is 0 Å². The smallest absolute Gasteiger partial charge is 0.224 e. The molecule has 1 aromatic rings. The van der Waals surface area contributed by atoms with Crippen LogP contribution >= 0.6 is 12.2 Å². The summed E-state index contributed by atoms with van der Waals surface area (Å²) in [6.45, 7) is 1.89. The van der Waals surface area contributed by atoms with Crippen molar-refractivity contribution in [2.45, 2.75) is 25.8 Å². The molecule has 0 radical (unpaired) electrons. The van der Waals surface area contributed by atoms with Gasteiger partial charge in [-0.15, -0.1) is 0 Å². The summed E-state index contributed by atoms with van der Waals surface area (Å²) in [4.78, 5) is 11.9. The average molecular weight is 254 g/mol. The van der Waals surface area contributed by atoms with Crippen LogP contribution in [-0.4, -0.2) is 16.9 Å². The van der Waals surface area contributed by atoms with Crippen LogP contribution in [0.25, 0.3) is 0 Å². The van der Waals surface area contributed by atoms with Crippen LogP contribution < -0.4 is 11.1 Å². The monoisotopic (exact) mass is 254 g/mol. The standard InChI is InChI=1S/C12H15FN2OS/c1-2-10(12(14)17)15-11(16)7-8-3-5-9(13)6-4-8/h3-6,10H,2,7H2,1H3,(H2,14,17)(H,15,16). The molecule has 3 nitrogen and oxygen atoms in total. The first-order chi connectivity index (χ1) is 8.02. The average Bonchev–Trinajstić information content (AvgIpc) is 2.28. The Kier molecular flexibility index (Phi) is 5.03. The van der Waals surface area contributed by atoms with Gasteiger partial charge >= 0.3 is 0 Å². The van der Waals surface area contributed by atoms with Crippen LogP contribution in [0.3, 0.4) is 0 Å². The van der Waals surface area contributed by atoms with Gasteiger partial charge in [0.05, 0.1) is 17.5 Å². The number of hydrogen-bond acceptors (Lipinski definition) is 2. The van der Waals surface area contributed by atoms with Crippen molar-refractivity contribution in [2.75, 3.05) is 0 Å². The van der Waals surface area contributed by atoms with Gasteiger partial charge in [0.1, 0.15) is 5.82 Å². The summed E-state index contributed by atoms with van der Waals surface area (Å²) in [6.07, 6.45) is 0.851. The molecule has 0 fully saturated rings. The van der Waals surface area contributed by atoms with E-state index in [-0.39, 0.29) is 29.2 Å². The molecule has 0 saturated heterocycles. The fourth-order valence-corrected chi connectivity index (χ4v) is 1.63. The molecule has 5 heteroatoms. The second-order valence-corrected chi connectivity index (χ2v) is 4.21. The molecule has 17 heavy (non-hydrogen) atoms. The third-order valence-electron chi connectivity index (χ3n) is 2.36. The third-order valence-corrected chi connectivity index (χ3v) is 2.65. The van der Waals surface area contributed by atoms with Crippen LogP contribution in [-0.2, 0) is 11.2 Å². The number of benzene rings is 1. The van der Waals surface area contributed by atoms with E-state index in [0.29, 0.717) is 6.42 Å². The quantitative estimate of drug-likeness (QED) is 0.784. The van der Waals surface area contributed by atoms with Gasteiger partial charge in [-0.2, -0.15) is 0 Å². The Morgan fingerprint density at radius 3 is 2.53 bits per heavy atom. The van der Waals surface area contributed by atoms with Crippen molar-refractivity contribution in [3.8, 4) is 0 Å². The SMILES string of the molecule is CCC(NC(=O)Cc1ccc(F)cc1)C(N)=S. The predicted molar refractivity (Wildman–Crippen MR) is 69.1 cm³/mol. The van der Waals surface area contributed by atoms with Crippen LogP contribution in [0.15, 0.2) is 24.3 Å². The van der Waals surface area contributed by atoms with Crippen molar-refractivity contribution in [3.05, 3.63) is 35.6 Å². The number of carbonyl (C=O) groups is 1. The lowest BCUT2D eigenvalue weighted by Gasteiger charge is -2.15. The number of nitrogens with two attached hydrogens (primary N) is 1.